The largest absolute Gasteiger partial charge is 0.346 e. The van der Waals surface area contributed by atoms with Gasteiger partial charge in [-0.05, 0) is 12.0 Å². The van der Waals surface area contributed by atoms with Gasteiger partial charge in [-0.1, -0.05) is 25.2 Å². The van der Waals surface area contributed by atoms with Crippen LogP contribution in [-0.4, -0.2) is 29.4 Å². The zero-order valence-corrected chi connectivity index (χ0v) is 14.6. The van der Waals surface area contributed by atoms with Crippen LogP contribution >= 0.6 is 23.7 Å². The fourth-order valence-electron chi connectivity index (χ4n) is 1.73. The molecule has 0 spiro atoms. The molecule has 2 aromatic rings. The molecule has 0 aliphatic heterocycles. The van der Waals surface area contributed by atoms with Crippen LogP contribution in [0, 0.1) is 17.6 Å². The Morgan fingerprint density at radius 3 is 2.54 bits per heavy atom. The van der Waals surface area contributed by atoms with E-state index in [1.54, 1.807) is 13.8 Å². The van der Waals surface area contributed by atoms with Crippen LogP contribution in [0.4, 0.5) is 13.9 Å². The second-order valence-corrected chi connectivity index (χ2v) is 6.32. The minimum atomic E-state index is -1.00. The molecule has 132 valence electrons. The predicted molar refractivity (Wildman–Crippen MR) is 91.2 cm³/mol. The van der Waals surface area contributed by atoms with Gasteiger partial charge in [-0.25, -0.2) is 13.8 Å². The number of anilines is 1. The van der Waals surface area contributed by atoms with Gasteiger partial charge in [0.1, 0.15) is 0 Å². The van der Waals surface area contributed by atoms with Crippen molar-refractivity contribution in [2.45, 2.75) is 19.9 Å². The lowest BCUT2D eigenvalue weighted by Crippen LogP contribution is -2.46. The van der Waals surface area contributed by atoms with E-state index in [4.69, 9.17) is 5.73 Å². The number of carbonyl (C=O) groups is 2. The number of carbonyl (C=O) groups excluding carboxylic acids is 2. The molecular formula is C14H17ClF2N4O2S. The van der Waals surface area contributed by atoms with E-state index in [9.17, 15) is 18.4 Å². The topological polar surface area (TPSA) is 97.1 Å². The van der Waals surface area contributed by atoms with E-state index in [1.807, 2.05) is 0 Å². The van der Waals surface area contributed by atoms with Crippen molar-refractivity contribution in [2.24, 2.45) is 11.7 Å². The van der Waals surface area contributed by atoms with E-state index in [0.717, 1.165) is 23.5 Å². The monoisotopic (exact) mass is 378 g/mol. The molecular weight excluding hydrogens is 362 g/mol. The molecule has 2 rings (SSSR count). The number of nitrogens with one attached hydrogen (secondary N) is 2. The number of hydrogen-bond donors (Lipinski definition) is 3. The van der Waals surface area contributed by atoms with Crippen LogP contribution in [0.5, 0.6) is 0 Å². The summed E-state index contributed by atoms with van der Waals surface area (Å²) in [6.45, 7) is 3.32. The van der Waals surface area contributed by atoms with Crippen LogP contribution in [0.1, 0.15) is 13.8 Å². The Bertz CT molecular complexity index is 715. The first kappa shape index (κ1) is 20.2. The molecule has 0 radical (unpaired) electrons. The average molecular weight is 379 g/mol. The molecule has 24 heavy (non-hydrogen) atoms. The molecule has 6 nitrogen and oxygen atoms in total. The number of halogens is 3. The minimum absolute atomic E-state index is 0. The molecule has 4 N–H and O–H groups in total. The first-order chi connectivity index (χ1) is 10.8. The lowest BCUT2D eigenvalue weighted by atomic mass is 10.1. The van der Waals surface area contributed by atoms with Gasteiger partial charge in [0.05, 0.1) is 22.8 Å². The van der Waals surface area contributed by atoms with E-state index in [2.05, 4.69) is 15.6 Å². The highest BCUT2D eigenvalue weighted by Crippen LogP contribution is 2.27. The maximum Gasteiger partial charge on any atom is 0.245 e. The van der Waals surface area contributed by atoms with E-state index >= 15 is 0 Å². The number of fused-ring (bicyclic) bond motifs is 1. The molecule has 1 aromatic carbocycles. The quantitative estimate of drug-likeness (QED) is 0.741. The highest BCUT2D eigenvalue weighted by Gasteiger charge is 2.18. The van der Waals surface area contributed by atoms with Gasteiger partial charge >= 0.3 is 0 Å². The van der Waals surface area contributed by atoms with E-state index in [-0.39, 0.29) is 35.5 Å². The highest BCUT2D eigenvalue weighted by molar-refractivity contribution is 7.22. The van der Waals surface area contributed by atoms with Crippen molar-refractivity contribution >= 4 is 50.9 Å². The SMILES string of the molecule is CC(C)[C@H](N)C(=O)NCC(=O)Nc1nc2cc(F)c(F)cc2s1.Cl. The number of amides is 2. The average Bonchev–Trinajstić information content (AvgIpc) is 2.85. The zero-order valence-electron chi connectivity index (χ0n) is 12.9. The van der Waals surface area contributed by atoms with Gasteiger partial charge in [0.2, 0.25) is 11.8 Å². The van der Waals surface area contributed by atoms with Crippen molar-refractivity contribution < 1.29 is 18.4 Å². The van der Waals surface area contributed by atoms with Crippen LogP contribution in [-0.2, 0) is 9.59 Å². The number of thiazole rings is 1. The molecule has 0 aliphatic carbocycles. The number of rotatable bonds is 5. The number of benzene rings is 1. The second kappa shape index (κ2) is 8.32. The van der Waals surface area contributed by atoms with Crippen molar-refractivity contribution in [1.82, 2.24) is 10.3 Å². The fourth-order valence-corrected chi connectivity index (χ4v) is 2.62. The van der Waals surface area contributed by atoms with Crippen molar-refractivity contribution in [3.63, 3.8) is 0 Å². The number of nitrogens with two attached hydrogens (primary N) is 1. The van der Waals surface area contributed by atoms with Crippen LogP contribution < -0.4 is 16.4 Å². The molecule has 0 bridgehead atoms. The van der Waals surface area contributed by atoms with Crippen molar-refractivity contribution in [3.05, 3.63) is 23.8 Å². The van der Waals surface area contributed by atoms with Gasteiger partial charge < -0.3 is 16.4 Å². The summed E-state index contributed by atoms with van der Waals surface area (Å²) in [6.07, 6.45) is 0. The lowest BCUT2D eigenvalue weighted by molar-refractivity contribution is -0.125. The van der Waals surface area contributed by atoms with Gasteiger partial charge in [-0.15, -0.1) is 12.4 Å². The Hall–Kier alpha value is -1.84. The summed E-state index contributed by atoms with van der Waals surface area (Å²) < 4.78 is 26.6. The zero-order chi connectivity index (χ0) is 17.1. The summed E-state index contributed by atoms with van der Waals surface area (Å²) in [6, 6.07) is 1.28. The number of nitrogens with zero attached hydrogens (tertiary/aromatic N) is 1. The van der Waals surface area contributed by atoms with Gasteiger partial charge in [0.25, 0.3) is 0 Å². The molecule has 1 atom stereocenters. The maximum atomic E-state index is 13.1. The smallest absolute Gasteiger partial charge is 0.245 e. The van der Waals surface area contributed by atoms with Crippen LogP contribution in [0.25, 0.3) is 10.2 Å². The first-order valence-corrected chi connectivity index (χ1v) is 7.68. The van der Waals surface area contributed by atoms with Gasteiger partial charge in [-0.3, -0.25) is 9.59 Å². The molecule has 0 fully saturated rings. The Labute approximate surface area is 147 Å². The Morgan fingerprint density at radius 1 is 1.29 bits per heavy atom. The van der Waals surface area contributed by atoms with Crippen molar-refractivity contribution in [2.75, 3.05) is 11.9 Å². The predicted octanol–water partition coefficient (Wildman–Crippen LogP) is 2.03. The molecule has 0 saturated carbocycles. The number of hydrogen-bond acceptors (Lipinski definition) is 5. The third-order valence-electron chi connectivity index (χ3n) is 3.12. The van der Waals surface area contributed by atoms with Crippen molar-refractivity contribution in [3.8, 4) is 0 Å². The molecule has 1 aromatic heterocycles. The fraction of sp³-hybridized carbons (Fsp3) is 0.357. The first-order valence-electron chi connectivity index (χ1n) is 6.86. The van der Waals surface area contributed by atoms with Gasteiger partial charge in [0, 0.05) is 6.07 Å². The summed E-state index contributed by atoms with van der Waals surface area (Å²) in [5.74, 6) is -2.96. The highest BCUT2D eigenvalue weighted by atomic mass is 35.5. The summed E-state index contributed by atoms with van der Waals surface area (Å²) >= 11 is 1.01. The van der Waals surface area contributed by atoms with Crippen LogP contribution in [0.2, 0.25) is 0 Å². The molecule has 0 saturated heterocycles. The second-order valence-electron chi connectivity index (χ2n) is 5.29. The summed E-state index contributed by atoms with van der Waals surface area (Å²) in [4.78, 5) is 27.4. The van der Waals surface area contributed by atoms with E-state index in [0.29, 0.717) is 4.70 Å². The van der Waals surface area contributed by atoms with Crippen molar-refractivity contribution in [1.29, 1.82) is 0 Å². The third-order valence-corrected chi connectivity index (χ3v) is 4.05. The number of aromatic nitrogens is 1. The summed E-state index contributed by atoms with van der Waals surface area (Å²) in [7, 11) is 0. The van der Waals surface area contributed by atoms with Crippen LogP contribution in [0.3, 0.4) is 0 Å². The molecule has 10 heteroatoms. The maximum absolute atomic E-state index is 13.1. The standard InChI is InChI=1S/C14H16F2N4O2S.ClH/c1-6(2)12(17)13(22)18-5-11(21)20-14-19-9-3-7(15)8(16)4-10(9)23-14;/h3-4,6,12H,5,17H2,1-2H3,(H,18,22)(H,19,20,21);1H/t12-;/m0./s1. The van der Waals surface area contributed by atoms with E-state index < -0.39 is 29.5 Å². The normalized spacial score (nSPS) is 11.9. The minimum Gasteiger partial charge on any atom is -0.346 e. The summed E-state index contributed by atoms with van der Waals surface area (Å²) in [5, 5.41) is 5.07. The Kier molecular flexibility index (Phi) is 7.00. The van der Waals surface area contributed by atoms with E-state index in [1.165, 1.54) is 0 Å². The van der Waals surface area contributed by atoms with Gasteiger partial charge in [-0.2, -0.15) is 0 Å². The lowest BCUT2D eigenvalue weighted by Gasteiger charge is -2.14. The summed E-state index contributed by atoms with van der Waals surface area (Å²) in [5.41, 5.74) is 5.90. The molecule has 0 aliphatic rings. The third kappa shape index (κ3) is 4.83. The molecule has 1 heterocycles. The molecule has 2 amide bonds. The van der Waals surface area contributed by atoms with Crippen LogP contribution in [0.15, 0.2) is 12.1 Å². The Balaban J connectivity index is 0.00000288. The molecule has 0 unspecified atom stereocenters. The van der Waals surface area contributed by atoms with Gasteiger partial charge in [0.15, 0.2) is 16.8 Å². The Morgan fingerprint density at radius 2 is 1.92 bits per heavy atom.